The minimum Gasteiger partial charge on any atom is -0.467 e. The second-order valence-electron chi connectivity index (χ2n) is 6.73. The number of hydrogen-bond donors (Lipinski definition) is 2. The molecule has 0 saturated carbocycles. The van der Waals surface area contributed by atoms with Crippen LogP contribution in [-0.2, 0) is 16.1 Å². The van der Waals surface area contributed by atoms with Gasteiger partial charge in [-0.15, -0.1) is 0 Å². The number of benzene rings is 2. The molecule has 0 aliphatic carbocycles. The molecule has 0 bridgehead atoms. The fourth-order valence-electron chi connectivity index (χ4n) is 2.65. The molecule has 1 heterocycles. The Morgan fingerprint density at radius 3 is 2.29 bits per heavy atom. The third kappa shape index (κ3) is 6.74. The van der Waals surface area contributed by atoms with Crippen LogP contribution in [0, 0.1) is 0 Å². The van der Waals surface area contributed by atoms with Crippen molar-refractivity contribution >= 4 is 17.7 Å². The van der Waals surface area contributed by atoms with Gasteiger partial charge in [0.15, 0.2) is 0 Å². The van der Waals surface area contributed by atoms with Crippen molar-refractivity contribution in [3.05, 3.63) is 84.3 Å². The molecule has 8 heteroatoms. The molecule has 0 unspecified atom stereocenters. The van der Waals surface area contributed by atoms with Gasteiger partial charge < -0.3 is 24.7 Å². The van der Waals surface area contributed by atoms with Crippen molar-refractivity contribution in [3.8, 4) is 11.5 Å². The standard InChI is InChI=1S/C23H23N3O5/c1-26(16-21(27)24-14-20-8-5-13-30-20)22(28)15-25-23(29)17-9-11-19(12-10-17)31-18-6-3-2-4-7-18/h2-13H,14-16H2,1H3,(H,24,27)(H,25,29). The van der Waals surface area contributed by atoms with Crippen LogP contribution in [0.25, 0.3) is 0 Å². The molecule has 3 rings (SSSR count). The number of nitrogens with one attached hydrogen (secondary N) is 2. The summed E-state index contributed by atoms with van der Waals surface area (Å²) in [6, 6.07) is 19.4. The fourth-order valence-corrected chi connectivity index (χ4v) is 2.65. The largest absolute Gasteiger partial charge is 0.467 e. The lowest BCUT2D eigenvalue weighted by Crippen LogP contribution is -2.43. The van der Waals surface area contributed by atoms with Crippen LogP contribution in [0.2, 0.25) is 0 Å². The maximum absolute atomic E-state index is 12.3. The van der Waals surface area contributed by atoms with Gasteiger partial charge >= 0.3 is 0 Å². The molecule has 8 nitrogen and oxygen atoms in total. The van der Waals surface area contributed by atoms with Crippen molar-refractivity contribution in [2.75, 3.05) is 20.1 Å². The molecule has 0 atom stereocenters. The number of nitrogens with zero attached hydrogens (tertiary/aromatic N) is 1. The summed E-state index contributed by atoms with van der Waals surface area (Å²) in [7, 11) is 1.50. The molecule has 0 fully saturated rings. The highest BCUT2D eigenvalue weighted by molar-refractivity contribution is 5.96. The van der Waals surface area contributed by atoms with Crippen LogP contribution < -0.4 is 15.4 Å². The van der Waals surface area contributed by atoms with Crippen LogP contribution in [0.5, 0.6) is 11.5 Å². The number of carbonyl (C=O) groups is 3. The molecule has 31 heavy (non-hydrogen) atoms. The Hall–Kier alpha value is -4.07. The van der Waals surface area contributed by atoms with Crippen molar-refractivity contribution in [1.82, 2.24) is 15.5 Å². The molecular weight excluding hydrogens is 398 g/mol. The van der Waals surface area contributed by atoms with Crippen molar-refractivity contribution in [2.45, 2.75) is 6.54 Å². The maximum Gasteiger partial charge on any atom is 0.251 e. The van der Waals surface area contributed by atoms with Crippen molar-refractivity contribution < 1.29 is 23.5 Å². The summed E-state index contributed by atoms with van der Waals surface area (Å²) in [5.41, 5.74) is 0.395. The summed E-state index contributed by atoms with van der Waals surface area (Å²) in [6.45, 7) is -0.0986. The lowest BCUT2D eigenvalue weighted by atomic mass is 10.2. The Morgan fingerprint density at radius 1 is 0.903 bits per heavy atom. The van der Waals surface area contributed by atoms with E-state index < -0.39 is 5.91 Å². The summed E-state index contributed by atoms with van der Waals surface area (Å²) < 4.78 is 10.8. The first kappa shape index (κ1) is 21.6. The van der Waals surface area contributed by atoms with Crippen LogP contribution in [-0.4, -0.2) is 42.8 Å². The van der Waals surface area contributed by atoms with E-state index in [2.05, 4.69) is 10.6 Å². The van der Waals surface area contributed by atoms with Gasteiger partial charge in [0.25, 0.3) is 5.91 Å². The van der Waals surface area contributed by atoms with Gasteiger partial charge in [-0.05, 0) is 48.5 Å². The van der Waals surface area contributed by atoms with E-state index in [1.807, 2.05) is 30.3 Å². The van der Waals surface area contributed by atoms with E-state index in [0.29, 0.717) is 22.8 Å². The molecule has 3 amide bonds. The molecule has 3 aromatic rings. The average Bonchev–Trinajstić information content (AvgIpc) is 3.31. The molecule has 2 aromatic carbocycles. The Morgan fingerprint density at radius 2 is 1.61 bits per heavy atom. The minimum atomic E-state index is -0.393. The first-order chi connectivity index (χ1) is 15.0. The van der Waals surface area contributed by atoms with Gasteiger partial charge in [-0.2, -0.15) is 0 Å². The predicted octanol–water partition coefficient (Wildman–Crippen LogP) is 2.58. The Bertz CT molecular complexity index is 1000. The number of carbonyl (C=O) groups excluding carboxylic acids is 3. The van der Waals surface area contributed by atoms with Gasteiger partial charge in [-0.25, -0.2) is 0 Å². The number of amides is 3. The maximum atomic E-state index is 12.3. The van der Waals surface area contributed by atoms with E-state index in [9.17, 15) is 14.4 Å². The monoisotopic (exact) mass is 421 g/mol. The number of ether oxygens (including phenoxy) is 1. The second kappa shape index (κ2) is 10.6. The number of likely N-dealkylation sites (N-methyl/N-ethyl adjacent to an activating group) is 1. The molecule has 0 aliphatic heterocycles. The first-order valence-corrected chi connectivity index (χ1v) is 9.65. The SMILES string of the molecule is CN(CC(=O)NCc1ccco1)C(=O)CNC(=O)c1ccc(Oc2ccccc2)cc1. The Kier molecular flexibility index (Phi) is 7.42. The zero-order chi connectivity index (χ0) is 22.1. The molecule has 0 spiro atoms. The van der Waals surface area contributed by atoms with Crippen LogP contribution in [0.15, 0.2) is 77.4 Å². The van der Waals surface area contributed by atoms with Crippen LogP contribution in [0.4, 0.5) is 0 Å². The normalized spacial score (nSPS) is 10.2. The van der Waals surface area contributed by atoms with E-state index in [-0.39, 0.29) is 31.4 Å². The third-order valence-electron chi connectivity index (χ3n) is 4.34. The van der Waals surface area contributed by atoms with Gasteiger partial charge in [0.2, 0.25) is 11.8 Å². The summed E-state index contributed by atoms with van der Waals surface area (Å²) in [4.78, 5) is 37.7. The summed E-state index contributed by atoms with van der Waals surface area (Å²) in [5, 5.41) is 5.22. The highest BCUT2D eigenvalue weighted by Crippen LogP contribution is 2.21. The van der Waals surface area contributed by atoms with Crippen molar-refractivity contribution in [3.63, 3.8) is 0 Å². The number of rotatable bonds is 9. The van der Waals surface area contributed by atoms with Crippen molar-refractivity contribution in [1.29, 1.82) is 0 Å². The van der Waals surface area contributed by atoms with Gasteiger partial charge in [0, 0.05) is 12.6 Å². The predicted molar refractivity (Wildman–Crippen MR) is 113 cm³/mol. The number of para-hydroxylation sites is 1. The first-order valence-electron chi connectivity index (χ1n) is 9.65. The molecule has 0 radical (unpaired) electrons. The average molecular weight is 421 g/mol. The number of hydrogen-bond acceptors (Lipinski definition) is 5. The Balaban J connectivity index is 1.41. The van der Waals surface area contributed by atoms with Gasteiger partial charge in [0.1, 0.15) is 17.3 Å². The smallest absolute Gasteiger partial charge is 0.251 e. The zero-order valence-electron chi connectivity index (χ0n) is 17.0. The van der Waals surface area contributed by atoms with Crippen LogP contribution in [0.3, 0.4) is 0 Å². The van der Waals surface area contributed by atoms with Gasteiger partial charge in [-0.3, -0.25) is 14.4 Å². The third-order valence-corrected chi connectivity index (χ3v) is 4.34. The molecule has 160 valence electrons. The van der Waals surface area contributed by atoms with E-state index in [1.54, 1.807) is 36.4 Å². The van der Waals surface area contributed by atoms with E-state index in [1.165, 1.54) is 18.2 Å². The molecule has 0 aliphatic rings. The summed E-state index contributed by atoms with van der Waals surface area (Å²) in [6.07, 6.45) is 1.52. The van der Waals surface area contributed by atoms with Crippen LogP contribution in [0.1, 0.15) is 16.1 Å². The molecule has 2 N–H and O–H groups in total. The highest BCUT2D eigenvalue weighted by Gasteiger charge is 2.15. The molecule has 1 aromatic heterocycles. The number of furan rings is 1. The van der Waals surface area contributed by atoms with E-state index in [0.717, 1.165) is 0 Å². The summed E-state index contributed by atoms with van der Waals surface area (Å²) in [5.74, 6) is 0.809. The van der Waals surface area contributed by atoms with E-state index in [4.69, 9.17) is 9.15 Å². The lowest BCUT2D eigenvalue weighted by molar-refractivity contribution is -0.134. The lowest BCUT2D eigenvalue weighted by Gasteiger charge is -2.17. The fraction of sp³-hybridized carbons (Fsp3) is 0.174. The zero-order valence-corrected chi connectivity index (χ0v) is 17.0. The quantitative estimate of drug-likeness (QED) is 0.553. The highest BCUT2D eigenvalue weighted by atomic mass is 16.5. The topological polar surface area (TPSA) is 101 Å². The Labute approximate surface area is 179 Å². The summed E-state index contributed by atoms with van der Waals surface area (Å²) >= 11 is 0. The van der Waals surface area contributed by atoms with Crippen molar-refractivity contribution in [2.24, 2.45) is 0 Å². The van der Waals surface area contributed by atoms with Gasteiger partial charge in [0.05, 0.1) is 25.9 Å². The minimum absolute atomic E-state index is 0.124. The molecular formula is C23H23N3O5. The van der Waals surface area contributed by atoms with Crippen LogP contribution >= 0.6 is 0 Å². The van der Waals surface area contributed by atoms with E-state index >= 15 is 0 Å². The van der Waals surface area contributed by atoms with Gasteiger partial charge in [-0.1, -0.05) is 18.2 Å². The second-order valence-corrected chi connectivity index (χ2v) is 6.73. The molecule has 0 saturated heterocycles.